The Labute approximate surface area is 123 Å². The van der Waals surface area contributed by atoms with Gasteiger partial charge < -0.3 is 0 Å². The predicted octanol–water partition coefficient (Wildman–Crippen LogP) is 5.37. The quantitative estimate of drug-likeness (QED) is 0.631. The molecule has 106 valence electrons. The van der Waals surface area contributed by atoms with Crippen LogP contribution in [0, 0.1) is 11.8 Å². The number of benzene rings is 1. The first-order valence-corrected chi connectivity index (χ1v) is 8.55. The summed E-state index contributed by atoms with van der Waals surface area (Å²) in [7, 11) is 0. The summed E-state index contributed by atoms with van der Waals surface area (Å²) in [6, 6.07) is 7.20. The molecule has 4 atom stereocenters. The van der Waals surface area contributed by atoms with Crippen molar-refractivity contribution in [2.45, 2.75) is 63.7 Å². The Kier molecular flexibility index (Phi) is 2.84. The fourth-order valence-corrected chi connectivity index (χ4v) is 5.30. The maximum Gasteiger partial charge on any atom is 0.00244 e. The molecule has 4 unspecified atom stereocenters. The summed E-state index contributed by atoms with van der Waals surface area (Å²) >= 11 is 0. The summed E-state index contributed by atoms with van der Waals surface area (Å²) in [5.74, 6) is 2.42. The lowest BCUT2D eigenvalue weighted by Crippen LogP contribution is -2.35. The van der Waals surface area contributed by atoms with Crippen molar-refractivity contribution in [2.75, 3.05) is 0 Å². The minimum absolute atomic E-state index is 0.510. The molecular formula is C20H26. The third kappa shape index (κ3) is 1.60. The molecule has 1 aromatic rings. The molecule has 3 aliphatic carbocycles. The van der Waals surface area contributed by atoms with Crippen LogP contribution in [0.5, 0.6) is 0 Å². The van der Waals surface area contributed by atoms with Crippen molar-refractivity contribution in [3.63, 3.8) is 0 Å². The Balaban J connectivity index is 1.85. The summed E-state index contributed by atoms with van der Waals surface area (Å²) in [5, 5.41) is 0. The van der Waals surface area contributed by atoms with Crippen LogP contribution < -0.4 is 0 Å². The average Bonchev–Trinajstić information content (AvgIpc) is 3.07. The largest absolute Gasteiger partial charge is 0.0851 e. The first-order chi connectivity index (χ1) is 9.74. The number of hydrogen-bond acceptors (Lipinski definition) is 0. The van der Waals surface area contributed by atoms with Crippen LogP contribution in [0.15, 0.2) is 30.4 Å². The molecule has 2 bridgehead atoms. The molecule has 4 rings (SSSR count). The number of hydrogen-bond donors (Lipinski definition) is 0. The molecule has 20 heavy (non-hydrogen) atoms. The zero-order chi connectivity index (χ0) is 13.7. The van der Waals surface area contributed by atoms with Gasteiger partial charge in [0.05, 0.1) is 0 Å². The van der Waals surface area contributed by atoms with E-state index in [1.807, 2.05) is 0 Å². The van der Waals surface area contributed by atoms with Crippen molar-refractivity contribution >= 4 is 0 Å². The van der Waals surface area contributed by atoms with Crippen LogP contribution >= 0.6 is 0 Å². The van der Waals surface area contributed by atoms with Gasteiger partial charge in [0.25, 0.3) is 0 Å². The summed E-state index contributed by atoms with van der Waals surface area (Å²) in [6.07, 6.45) is 13.3. The zero-order valence-electron chi connectivity index (χ0n) is 12.9. The monoisotopic (exact) mass is 266 g/mol. The molecule has 0 heteroatoms. The molecule has 0 radical (unpaired) electrons. The number of allylic oxidation sites excluding steroid dienone is 2. The van der Waals surface area contributed by atoms with E-state index in [0.29, 0.717) is 11.3 Å². The van der Waals surface area contributed by atoms with Gasteiger partial charge in [0.2, 0.25) is 0 Å². The average molecular weight is 266 g/mol. The van der Waals surface area contributed by atoms with E-state index in [0.717, 1.165) is 11.8 Å². The highest BCUT2D eigenvalue weighted by atomic mass is 14.5. The van der Waals surface area contributed by atoms with Gasteiger partial charge in [-0.05, 0) is 73.0 Å². The van der Waals surface area contributed by atoms with Crippen molar-refractivity contribution in [1.82, 2.24) is 0 Å². The molecule has 0 N–H and O–H groups in total. The normalized spacial score (nSPS) is 35.5. The lowest BCUT2D eigenvalue weighted by atomic mass is 9.62. The maximum absolute atomic E-state index is 2.54. The minimum atomic E-state index is 0.510. The second kappa shape index (κ2) is 4.48. The van der Waals surface area contributed by atoms with Crippen LogP contribution in [0.3, 0.4) is 0 Å². The van der Waals surface area contributed by atoms with Crippen LogP contribution in [0.4, 0.5) is 0 Å². The molecule has 1 aromatic carbocycles. The maximum atomic E-state index is 2.54. The van der Waals surface area contributed by atoms with Crippen LogP contribution in [0.1, 0.15) is 68.6 Å². The molecule has 0 aliphatic heterocycles. The predicted molar refractivity (Wildman–Crippen MR) is 85.1 cm³/mol. The second-order valence-corrected chi connectivity index (χ2v) is 7.38. The summed E-state index contributed by atoms with van der Waals surface area (Å²) in [5.41, 5.74) is 5.62. The van der Waals surface area contributed by atoms with Crippen molar-refractivity contribution in [1.29, 1.82) is 0 Å². The van der Waals surface area contributed by atoms with Crippen molar-refractivity contribution < 1.29 is 0 Å². The van der Waals surface area contributed by atoms with E-state index in [1.54, 1.807) is 16.7 Å². The molecule has 3 aliphatic rings. The van der Waals surface area contributed by atoms with E-state index >= 15 is 0 Å². The second-order valence-electron chi connectivity index (χ2n) is 7.38. The van der Waals surface area contributed by atoms with Crippen molar-refractivity contribution in [3.8, 4) is 0 Å². The van der Waals surface area contributed by atoms with Crippen LogP contribution in [0.25, 0.3) is 0 Å². The molecule has 1 spiro atoms. The van der Waals surface area contributed by atoms with Crippen LogP contribution in [-0.2, 0) is 11.8 Å². The van der Waals surface area contributed by atoms with Gasteiger partial charge in [-0.3, -0.25) is 0 Å². The van der Waals surface area contributed by atoms with E-state index in [1.165, 1.54) is 38.5 Å². The van der Waals surface area contributed by atoms with E-state index in [2.05, 4.69) is 44.2 Å². The number of fused-ring (bicyclic) bond motifs is 5. The van der Waals surface area contributed by atoms with E-state index in [4.69, 9.17) is 0 Å². The first kappa shape index (κ1) is 12.7. The molecule has 0 nitrogen and oxygen atoms in total. The molecule has 1 fully saturated rings. The molecule has 0 heterocycles. The van der Waals surface area contributed by atoms with E-state index in [-0.39, 0.29) is 0 Å². The van der Waals surface area contributed by atoms with Gasteiger partial charge >= 0.3 is 0 Å². The number of rotatable bonds is 2. The van der Waals surface area contributed by atoms with Crippen LogP contribution in [0.2, 0.25) is 0 Å². The van der Waals surface area contributed by atoms with Gasteiger partial charge in [-0.1, -0.05) is 44.2 Å². The zero-order valence-corrected chi connectivity index (χ0v) is 12.9. The Hall–Kier alpha value is -1.04. The third-order valence-electron chi connectivity index (χ3n) is 6.45. The van der Waals surface area contributed by atoms with Gasteiger partial charge in [0.1, 0.15) is 0 Å². The highest BCUT2D eigenvalue weighted by Crippen LogP contribution is 2.58. The minimum Gasteiger partial charge on any atom is -0.0851 e. The fraction of sp³-hybridized carbons (Fsp3) is 0.600. The molecule has 0 aromatic heterocycles. The SMILES string of the molecule is CCC(C)c1cccc2c1CCCC21CC2C=CC1C2. The highest BCUT2D eigenvalue weighted by Gasteiger charge is 2.50. The standard InChI is InChI=1S/C20H26/c1-3-14(2)17-6-4-8-19-18(17)7-5-11-20(19)13-15-9-10-16(20)12-15/h4,6,8-10,14-16H,3,5,7,11-13H2,1-2H3. The first-order valence-electron chi connectivity index (χ1n) is 8.55. The molecule has 0 saturated heterocycles. The van der Waals surface area contributed by atoms with Crippen molar-refractivity contribution in [2.24, 2.45) is 11.8 Å². The Bertz CT molecular complexity index is 553. The van der Waals surface area contributed by atoms with Crippen LogP contribution in [-0.4, -0.2) is 0 Å². The molecule has 0 amide bonds. The Morgan fingerprint density at radius 1 is 1.30 bits per heavy atom. The van der Waals surface area contributed by atoms with Gasteiger partial charge in [-0.2, -0.15) is 0 Å². The Morgan fingerprint density at radius 3 is 2.90 bits per heavy atom. The van der Waals surface area contributed by atoms with Gasteiger partial charge in [0, 0.05) is 5.41 Å². The van der Waals surface area contributed by atoms with Gasteiger partial charge in [-0.15, -0.1) is 0 Å². The lowest BCUT2D eigenvalue weighted by molar-refractivity contribution is 0.302. The highest BCUT2D eigenvalue weighted by molar-refractivity contribution is 5.46. The molecule has 1 saturated carbocycles. The summed E-state index contributed by atoms with van der Waals surface area (Å²) in [4.78, 5) is 0. The summed E-state index contributed by atoms with van der Waals surface area (Å²) < 4.78 is 0. The summed E-state index contributed by atoms with van der Waals surface area (Å²) in [6.45, 7) is 4.72. The van der Waals surface area contributed by atoms with E-state index in [9.17, 15) is 0 Å². The van der Waals surface area contributed by atoms with Gasteiger partial charge in [-0.25, -0.2) is 0 Å². The van der Waals surface area contributed by atoms with E-state index < -0.39 is 0 Å². The smallest absolute Gasteiger partial charge is 0.00244 e. The molecular weight excluding hydrogens is 240 g/mol. The Morgan fingerprint density at radius 2 is 2.20 bits per heavy atom. The third-order valence-corrected chi connectivity index (χ3v) is 6.45. The van der Waals surface area contributed by atoms with Crippen molar-refractivity contribution in [3.05, 3.63) is 47.0 Å². The van der Waals surface area contributed by atoms with Gasteiger partial charge in [0.15, 0.2) is 0 Å². The fourth-order valence-electron chi connectivity index (χ4n) is 5.30. The topological polar surface area (TPSA) is 0 Å². The lowest BCUT2D eigenvalue weighted by Gasteiger charge is -2.42.